The first-order valence-electron chi connectivity index (χ1n) is 7.80. The topological polar surface area (TPSA) is 90.7 Å². The molecule has 0 aliphatic rings. The molecule has 0 bridgehead atoms. The highest BCUT2D eigenvalue weighted by Gasteiger charge is 2.24. The fourth-order valence-electron chi connectivity index (χ4n) is 2.44. The van der Waals surface area contributed by atoms with Crippen LogP contribution in [0.1, 0.15) is 29.3 Å². The quantitative estimate of drug-likeness (QED) is 0.609. The minimum absolute atomic E-state index is 0.0970. The number of amides is 1. The van der Waals surface area contributed by atoms with Crippen LogP contribution in [0.2, 0.25) is 0 Å². The molecule has 25 heavy (non-hydrogen) atoms. The third-order valence-electron chi connectivity index (χ3n) is 3.69. The van der Waals surface area contributed by atoms with Crippen molar-refractivity contribution in [3.63, 3.8) is 0 Å². The fourth-order valence-corrected chi connectivity index (χ4v) is 2.44. The number of methoxy groups -OCH3 is 2. The summed E-state index contributed by atoms with van der Waals surface area (Å²) >= 11 is 0. The van der Waals surface area contributed by atoms with Gasteiger partial charge in [0.2, 0.25) is 0 Å². The van der Waals surface area contributed by atoms with E-state index in [1.165, 1.54) is 26.4 Å². The van der Waals surface area contributed by atoms with Gasteiger partial charge in [0.1, 0.15) is 5.56 Å². The van der Waals surface area contributed by atoms with E-state index in [0.717, 1.165) is 18.4 Å². The van der Waals surface area contributed by atoms with Crippen molar-refractivity contribution in [1.82, 2.24) is 0 Å². The van der Waals surface area contributed by atoms with Gasteiger partial charge in [0.25, 0.3) is 11.6 Å². The first kappa shape index (κ1) is 18.3. The monoisotopic (exact) mass is 344 g/mol. The Morgan fingerprint density at radius 2 is 1.72 bits per heavy atom. The van der Waals surface area contributed by atoms with Gasteiger partial charge in [-0.15, -0.1) is 0 Å². The molecule has 0 unspecified atom stereocenters. The van der Waals surface area contributed by atoms with Crippen molar-refractivity contribution in [3.8, 4) is 11.5 Å². The minimum Gasteiger partial charge on any atom is -0.493 e. The molecule has 0 aliphatic carbocycles. The lowest BCUT2D eigenvalue weighted by atomic mass is 10.1. The Morgan fingerprint density at radius 3 is 2.24 bits per heavy atom. The van der Waals surface area contributed by atoms with Gasteiger partial charge in [0.05, 0.1) is 25.2 Å². The number of nitro benzene ring substituents is 1. The lowest BCUT2D eigenvalue weighted by Gasteiger charge is -2.11. The van der Waals surface area contributed by atoms with Gasteiger partial charge >= 0.3 is 0 Å². The van der Waals surface area contributed by atoms with E-state index < -0.39 is 10.8 Å². The molecule has 0 fully saturated rings. The summed E-state index contributed by atoms with van der Waals surface area (Å²) in [5, 5.41) is 14.0. The van der Waals surface area contributed by atoms with E-state index in [1.54, 1.807) is 12.1 Å². The second kappa shape index (κ2) is 8.14. The largest absolute Gasteiger partial charge is 0.493 e. The van der Waals surface area contributed by atoms with E-state index in [0.29, 0.717) is 5.69 Å². The molecule has 7 heteroatoms. The molecule has 2 rings (SSSR count). The van der Waals surface area contributed by atoms with Crippen LogP contribution in [0.25, 0.3) is 0 Å². The SMILES string of the molecule is CCCc1ccc(NC(=O)c2cc(OC)c(OC)cc2[N+](=O)[O-])cc1. The van der Waals surface area contributed by atoms with Gasteiger partial charge in [-0.1, -0.05) is 25.5 Å². The smallest absolute Gasteiger partial charge is 0.286 e. The van der Waals surface area contributed by atoms with Crippen LogP contribution < -0.4 is 14.8 Å². The molecule has 2 aromatic rings. The normalized spacial score (nSPS) is 10.2. The number of nitrogens with zero attached hydrogens (tertiary/aromatic N) is 1. The van der Waals surface area contributed by atoms with E-state index in [1.807, 2.05) is 12.1 Å². The first-order valence-corrected chi connectivity index (χ1v) is 7.80. The van der Waals surface area contributed by atoms with Crippen molar-refractivity contribution in [2.75, 3.05) is 19.5 Å². The summed E-state index contributed by atoms with van der Waals surface area (Å²) in [5.74, 6) is -0.151. The molecule has 0 heterocycles. The molecular weight excluding hydrogens is 324 g/mol. The summed E-state index contributed by atoms with van der Waals surface area (Å²) in [6, 6.07) is 9.87. The molecule has 0 saturated carbocycles. The number of rotatable bonds is 7. The standard InChI is InChI=1S/C18H20N2O5/c1-4-5-12-6-8-13(9-7-12)19-18(21)14-10-16(24-2)17(25-3)11-15(14)20(22)23/h6-11H,4-5H2,1-3H3,(H,19,21). The maximum atomic E-state index is 12.5. The van der Waals surface area contributed by atoms with E-state index in [9.17, 15) is 14.9 Å². The number of hydrogen-bond donors (Lipinski definition) is 1. The number of anilines is 1. The van der Waals surface area contributed by atoms with E-state index in [-0.39, 0.29) is 22.7 Å². The van der Waals surface area contributed by atoms with Crippen molar-refractivity contribution >= 4 is 17.3 Å². The average Bonchev–Trinajstić information content (AvgIpc) is 2.62. The van der Waals surface area contributed by atoms with Crippen LogP contribution in [0, 0.1) is 10.1 Å². The van der Waals surface area contributed by atoms with Crippen LogP contribution >= 0.6 is 0 Å². The van der Waals surface area contributed by atoms with E-state index in [2.05, 4.69) is 12.2 Å². The third-order valence-corrected chi connectivity index (χ3v) is 3.69. The van der Waals surface area contributed by atoms with E-state index in [4.69, 9.17) is 9.47 Å². The number of hydrogen-bond acceptors (Lipinski definition) is 5. The molecule has 1 amide bonds. The molecule has 2 aromatic carbocycles. The average molecular weight is 344 g/mol. The summed E-state index contributed by atoms with van der Waals surface area (Å²) < 4.78 is 10.2. The number of benzene rings is 2. The molecule has 0 aromatic heterocycles. The first-order chi connectivity index (χ1) is 12.0. The predicted octanol–water partition coefficient (Wildman–Crippen LogP) is 3.82. The lowest BCUT2D eigenvalue weighted by molar-refractivity contribution is -0.385. The Balaban J connectivity index is 2.32. The highest BCUT2D eigenvalue weighted by molar-refractivity contribution is 6.07. The second-order valence-electron chi connectivity index (χ2n) is 5.38. The van der Waals surface area contributed by atoms with Gasteiger partial charge < -0.3 is 14.8 Å². The summed E-state index contributed by atoms with van der Waals surface area (Å²) in [7, 11) is 2.77. The number of nitrogens with one attached hydrogen (secondary N) is 1. The second-order valence-corrected chi connectivity index (χ2v) is 5.38. The maximum absolute atomic E-state index is 12.5. The zero-order valence-electron chi connectivity index (χ0n) is 14.4. The Labute approximate surface area is 145 Å². The van der Waals surface area contributed by atoms with Gasteiger partial charge in [-0.2, -0.15) is 0 Å². The molecule has 132 valence electrons. The molecule has 7 nitrogen and oxygen atoms in total. The Hall–Kier alpha value is -3.09. The summed E-state index contributed by atoms with van der Waals surface area (Å²) in [6.07, 6.45) is 1.99. The molecular formula is C18H20N2O5. The van der Waals surface area contributed by atoms with Crippen molar-refractivity contribution in [1.29, 1.82) is 0 Å². The number of ether oxygens (including phenoxy) is 2. The fraction of sp³-hybridized carbons (Fsp3) is 0.278. The van der Waals surface area contributed by atoms with Crippen molar-refractivity contribution in [2.24, 2.45) is 0 Å². The van der Waals surface area contributed by atoms with Gasteiger partial charge in [-0.25, -0.2) is 0 Å². The lowest BCUT2D eigenvalue weighted by Crippen LogP contribution is -2.14. The van der Waals surface area contributed by atoms with Crippen LogP contribution in [0.15, 0.2) is 36.4 Å². The van der Waals surface area contributed by atoms with Crippen LogP contribution in [0.5, 0.6) is 11.5 Å². The highest BCUT2D eigenvalue weighted by Crippen LogP contribution is 2.34. The zero-order chi connectivity index (χ0) is 18.4. The number of carbonyl (C=O) groups excluding carboxylic acids is 1. The molecule has 0 saturated heterocycles. The Morgan fingerprint density at radius 1 is 1.12 bits per heavy atom. The van der Waals surface area contributed by atoms with Crippen LogP contribution in [-0.4, -0.2) is 25.1 Å². The zero-order valence-corrected chi connectivity index (χ0v) is 14.4. The Bertz CT molecular complexity index is 772. The summed E-state index contributed by atoms with van der Waals surface area (Å²) in [6.45, 7) is 2.09. The molecule has 0 aliphatic heterocycles. The predicted molar refractivity (Wildman–Crippen MR) is 94.6 cm³/mol. The van der Waals surface area contributed by atoms with Gasteiger partial charge in [-0.05, 0) is 24.1 Å². The van der Waals surface area contributed by atoms with Crippen molar-refractivity contribution < 1.29 is 19.2 Å². The third kappa shape index (κ3) is 4.26. The molecule has 0 spiro atoms. The molecule has 0 radical (unpaired) electrons. The minimum atomic E-state index is -0.624. The van der Waals surface area contributed by atoms with Gasteiger partial charge in [0, 0.05) is 11.8 Å². The number of carbonyl (C=O) groups is 1. The number of aryl methyl sites for hydroxylation is 1. The molecule has 0 atom stereocenters. The Kier molecular flexibility index (Phi) is 5.94. The van der Waals surface area contributed by atoms with Crippen LogP contribution in [-0.2, 0) is 6.42 Å². The van der Waals surface area contributed by atoms with Gasteiger partial charge in [0.15, 0.2) is 11.5 Å². The highest BCUT2D eigenvalue weighted by atomic mass is 16.6. The van der Waals surface area contributed by atoms with E-state index >= 15 is 0 Å². The number of nitro groups is 1. The van der Waals surface area contributed by atoms with Gasteiger partial charge in [-0.3, -0.25) is 14.9 Å². The van der Waals surface area contributed by atoms with Crippen LogP contribution in [0.4, 0.5) is 11.4 Å². The maximum Gasteiger partial charge on any atom is 0.286 e. The van der Waals surface area contributed by atoms with Crippen LogP contribution in [0.3, 0.4) is 0 Å². The molecule has 1 N–H and O–H groups in total. The van der Waals surface area contributed by atoms with Crippen molar-refractivity contribution in [3.05, 3.63) is 57.6 Å². The summed E-state index contributed by atoms with van der Waals surface area (Å²) in [5.41, 5.74) is 1.28. The summed E-state index contributed by atoms with van der Waals surface area (Å²) in [4.78, 5) is 23.2. The van der Waals surface area contributed by atoms with Crippen molar-refractivity contribution in [2.45, 2.75) is 19.8 Å².